The molecule has 1 amide bonds. The number of carbonyl (C=O) groups excluding carboxylic acids is 1. The van der Waals surface area contributed by atoms with Crippen molar-refractivity contribution in [1.29, 1.82) is 0 Å². The van der Waals surface area contributed by atoms with Gasteiger partial charge in [-0.1, -0.05) is 6.92 Å². The second kappa shape index (κ2) is 3.12. The molecule has 2 heterocycles. The van der Waals surface area contributed by atoms with Crippen LogP contribution in [0.1, 0.15) is 13.8 Å². The maximum atomic E-state index is 11.5. The molecule has 0 radical (unpaired) electrons. The van der Waals surface area contributed by atoms with E-state index in [4.69, 9.17) is 9.47 Å². The molecule has 80 valence electrons. The van der Waals surface area contributed by atoms with Crippen LogP contribution in [0.15, 0.2) is 0 Å². The number of nitrogens with zero attached hydrogens (tertiary/aromatic N) is 1. The zero-order valence-corrected chi connectivity index (χ0v) is 8.95. The van der Waals surface area contributed by atoms with Crippen LogP contribution >= 0.6 is 0 Å². The fraction of sp³-hybridized carbons (Fsp3) is 0.900. The smallest absolute Gasteiger partial charge is 0.409 e. The summed E-state index contributed by atoms with van der Waals surface area (Å²) in [5.41, 5.74) is 0.119. The number of amides is 1. The molecule has 0 spiro atoms. The highest BCUT2D eigenvalue weighted by Gasteiger charge is 2.53. The van der Waals surface area contributed by atoms with Crippen molar-refractivity contribution in [1.82, 2.24) is 4.90 Å². The Morgan fingerprint density at radius 1 is 1.64 bits per heavy atom. The number of methoxy groups -OCH3 is 1. The number of hydrogen-bond acceptors (Lipinski definition) is 3. The SMILES string of the molecule is COC(=O)N1CC2COCC2(C)C1C. The van der Waals surface area contributed by atoms with Crippen LogP contribution in [0.5, 0.6) is 0 Å². The van der Waals surface area contributed by atoms with E-state index < -0.39 is 0 Å². The first-order valence-corrected chi connectivity index (χ1v) is 5.02. The van der Waals surface area contributed by atoms with Gasteiger partial charge >= 0.3 is 6.09 Å². The summed E-state index contributed by atoms with van der Waals surface area (Å²) < 4.78 is 10.2. The summed E-state index contributed by atoms with van der Waals surface area (Å²) in [6, 6.07) is 0.211. The molecule has 0 aromatic carbocycles. The van der Waals surface area contributed by atoms with Gasteiger partial charge in [0.25, 0.3) is 0 Å². The molecule has 0 bridgehead atoms. The molecule has 2 saturated heterocycles. The summed E-state index contributed by atoms with van der Waals surface area (Å²) in [4.78, 5) is 13.3. The zero-order valence-electron chi connectivity index (χ0n) is 8.95. The number of ether oxygens (including phenoxy) is 2. The van der Waals surface area contributed by atoms with Crippen molar-refractivity contribution in [3.8, 4) is 0 Å². The van der Waals surface area contributed by atoms with Gasteiger partial charge in [0.2, 0.25) is 0 Å². The van der Waals surface area contributed by atoms with Gasteiger partial charge in [-0.2, -0.15) is 0 Å². The first-order valence-electron chi connectivity index (χ1n) is 5.02. The minimum Gasteiger partial charge on any atom is -0.453 e. The van der Waals surface area contributed by atoms with Crippen LogP contribution in [0.2, 0.25) is 0 Å². The van der Waals surface area contributed by atoms with Gasteiger partial charge in [0.15, 0.2) is 0 Å². The van der Waals surface area contributed by atoms with Crippen LogP contribution in [-0.4, -0.2) is 43.9 Å². The first kappa shape index (κ1) is 9.77. The normalized spacial score (nSPS) is 41.2. The van der Waals surface area contributed by atoms with Gasteiger partial charge < -0.3 is 14.4 Å². The summed E-state index contributed by atoms with van der Waals surface area (Å²) in [6.45, 7) is 6.56. The molecular weight excluding hydrogens is 182 g/mol. The Kier molecular flexibility index (Phi) is 2.18. The molecule has 3 unspecified atom stereocenters. The Morgan fingerprint density at radius 2 is 2.36 bits per heavy atom. The van der Waals surface area contributed by atoms with Gasteiger partial charge in [-0.3, -0.25) is 0 Å². The lowest BCUT2D eigenvalue weighted by atomic mass is 9.78. The largest absolute Gasteiger partial charge is 0.453 e. The van der Waals surface area contributed by atoms with Crippen LogP contribution in [-0.2, 0) is 9.47 Å². The molecule has 4 nitrogen and oxygen atoms in total. The minimum absolute atomic E-state index is 0.119. The average Bonchev–Trinajstić information content (AvgIpc) is 2.64. The number of carbonyl (C=O) groups is 1. The second-order valence-electron chi connectivity index (χ2n) is 4.52. The average molecular weight is 199 g/mol. The molecule has 2 fully saturated rings. The van der Waals surface area contributed by atoms with Gasteiger partial charge in [0.1, 0.15) is 0 Å². The predicted molar refractivity (Wildman–Crippen MR) is 51.0 cm³/mol. The Hall–Kier alpha value is -0.770. The van der Waals surface area contributed by atoms with Crippen LogP contribution in [0.25, 0.3) is 0 Å². The van der Waals surface area contributed by atoms with E-state index in [0.29, 0.717) is 5.92 Å². The van der Waals surface area contributed by atoms with E-state index >= 15 is 0 Å². The summed E-state index contributed by atoms with van der Waals surface area (Å²) in [6.07, 6.45) is -0.215. The molecule has 2 rings (SSSR count). The molecule has 0 aliphatic carbocycles. The fourth-order valence-corrected chi connectivity index (χ4v) is 2.55. The van der Waals surface area contributed by atoms with E-state index in [1.165, 1.54) is 7.11 Å². The highest BCUT2D eigenvalue weighted by Crippen LogP contribution is 2.45. The van der Waals surface area contributed by atoms with E-state index in [1.807, 2.05) is 4.90 Å². The first-order chi connectivity index (χ1) is 6.59. The Labute approximate surface area is 84.2 Å². The van der Waals surface area contributed by atoms with Crippen LogP contribution in [0.4, 0.5) is 4.79 Å². The molecule has 0 N–H and O–H groups in total. The quantitative estimate of drug-likeness (QED) is 0.586. The van der Waals surface area contributed by atoms with Gasteiger partial charge in [0.05, 0.1) is 20.3 Å². The van der Waals surface area contributed by atoms with Crippen molar-refractivity contribution in [2.45, 2.75) is 19.9 Å². The van der Waals surface area contributed by atoms with E-state index in [1.54, 1.807) is 0 Å². The van der Waals surface area contributed by atoms with Crippen molar-refractivity contribution in [2.24, 2.45) is 11.3 Å². The van der Waals surface area contributed by atoms with Crippen molar-refractivity contribution in [3.63, 3.8) is 0 Å². The molecule has 2 aliphatic rings. The summed E-state index contributed by atoms with van der Waals surface area (Å²) in [5, 5.41) is 0. The number of fused-ring (bicyclic) bond motifs is 1. The predicted octanol–water partition coefficient (Wildman–Crippen LogP) is 1.11. The summed E-state index contributed by atoms with van der Waals surface area (Å²) >= 11 is 0. The number of rotatable bonds is 0. The topological polar surface area (TPSA) is 38.8 Å². The third-order valence-corrected chi connectivity index (χ3v) is 3.91. The standard InChI is InChI=1S/C10H17NO3/c1-7-10(2)6-14-5-8(10)4-11(7)9(12)13-3/h7-8H,4-6H2,1-3H3. The maximum Gasteiger partial charge on any atom is 0.409 e. The Morgan fingerprint density at radius 3 is 2.93 bits per heavy atom. The Balaban J connectivity index is 2.17. The number of likely N-dealkylation sites (tertiary alicyclic amines) is 1. The van der Waals surface area contributed by atoms with Gasteiger partial charge in [-0.25, -0.2) is 4.79 Å². The van der Waals surface area contributed by atoms with Gasteiger partial charge in [-0.05, 0) is 6.92 Å². The summed E-state index contributed by atoms with van der Waals surface area (Å²) in [5.74, 6) is 0.469. The van der Waals surface area contributed by atoms with E-state index in [-0.39, 0.29) is 17.6 Å². The van der Waals surface area contributed by atoms with Crippen LogP contribution in [0.3, 0.4) is 0 Å². The van der Waals surface area contributed by atoms with Gasteiger partial charge in [0, 0.05) is 23.9 Å². The highest BCUT2D eigenvalue weighted by molar-refractivity contribution is 5.68. The maximum absolute atomic E-state index is 11.5. The van der Waals surface area contributed by atoms with Gasteiger partial charge in [-0.15, -0.1) is 0 Å². The van der Waals surface area contributed by atoms with Crippen molar-refractivity contribution in [3.05, 3.63) is 0 Å². The van der Waals surface area contributed by atoms with E-state index in [9.17, 15) is 4.79 Å². The lowest BCUT2D eigenvalue weighted by Gasteiger charge is -2.29. The van der Waals surface area contributed by atoms with Crippen molar-refractivity contribution in [2.75, 3.05) is 26.9 Å². The fourth-order valence-electron chi connectivity index (χ4n) is 2.55. The number of hydrogen-bond donors (Lipinski definition) is 0. The van der Waals surface area contributed by atoms with Crippen LogP contribution in [0, 0.1) is 11.3 Å². The molecule has 3 atom stereocenters. The van der Waals surface area contributed by atoms with Crippen LogP contribution < -0.4 is 0 Å². The van der Waals surface area contributed by atoms with Crippen molar-refractivity contribution >= 4 is 6.09 Å². The third kappa shape index (κ3) is 1.13. The van der Waals surface area contributed by atoms with E-state index in [0.717, 1.165) is 19.8 Å². The third-order valence-electron chi connectivity index (χ3n) is 3.91. The molecule has 14 heavy (non-hydrogen) atoms. The molecule has 4 heteroatoms. The monoisotopic (exact) mass is 199 g/mol. The molecule has 0 aromatic rings. The molecule has 0 saturated carbocycles. The minimum atomic E-state index is -0.215. The summed E-state index contributed by atoms with van der Waals surface area (Å²) in [7, 11) is 1.43. The molecule has 2 aliphatic heterocycles. The second-order valence-corrected chi connectivity index (χ2v) is 4.52. The van der Waals surface area contributed by atoms with E-state index in [2.05, 4.69) is 13.8 Å². The zero-order chi connectivity index (χ0) is 10.3. The lowest BCUT2D eigenvalue weighted by molar-refractivity contribution is 0.0824. The van der Waals surface area contributed by atoms with Crippen molar-refractivity contribution < 1.29 is 14.3 Å². The molecule has 0 aromatic heterocycles. The highest BCUT2D eigenvalue weighted by atomic mass is 16.5. The molecular formula is C10H17NO3. The lowest BCUT2D eigenvalue weighted by Crippen LogP contribution is -2.40. The Bertz CT molecular complexity index is 256.